The fourth-order valence-corrected chi connectivity index (χ4v) is 1.50. The molecule has 0 saturated carbocycles. The van der Waals surface area contributed by atoms with Crippen LogP contribution in [0.2, 0.25) is 0 Å². The van der Waals surface area contributed by atoms with E-state index in [9.17, 15) is 5.21 Å². The topological polar surface area (TPSA) is 55.7 Å². The molecule has 1 aliphatic heterocycles. The van der Waals surface area contributed by atoms with Gasteiger partial charge in [-0.1, -0.05) is 6.92 Å². The van der Waals surface area contributed by atoms with Gasteiger partial charge in [0.05, 0.1) is 12.6 Å². The third kappa shape index (κ3) is 2.13. The van der Waals surface area contributed by atoms with Gasteiger partial charge in [-0.15, -0.1) is 0 Å². The van der Waals surface area contributed by atoms with Crippen molar-refractivity contribution in [2.45, 2.75) is 25.4 Å². The van der Waals surface area contributed by atoms with Crippen molar-refractivity contribution in [1.82, 2.24) is 10.4 Å². The SMILES string of the molecule is CCN[C@H]1C[C@@H](CO)N(O)C1. The smallest absolute Gasteiger partial charge is 0.0610 e. The van der Waals surface area contributed by atoms with Crippen LogP contribution in [-0.2, 0) is 0 Å². The van der Waals surface area contributed by atoms with Crippen molar-refractivity contribution >= 4 is 0 Å². The van der Waals surface area contributed by atoms with E-state index < -0.39 is 0 Å². The molecule has 0 bridgehead atoms. The number of hydroxylamine groups is 2. The summed E-state index contributed by atoms with van der Waals surface area (Å²) in [5.41, 5.74) is 0. The zero-order chi connectivity index (χ0) is 8.27. The maximum Gasteiger partial charge on any atom is 0.0610 e. The predicted molar refractivity (Wildman–Crippen MR) is 41.4 cm³/mol. The van der Waals surface area contributed by atoms with Gasteiger partial charge >= 0.3 is 0 Å². The lowest BCUT2D eigenvalue weighted by Crippen LogP contribution is -2.31. The Bertz CT molecular complexity index is 121. The number of aliphatic hydroxyl groups excluding tert-OH is 1. The summed E-state index contributed by atoms with van der Waals surface area (Å²) in [6.07, 6.45) is 0.834. The molecular formula is C7H16N2O2. The molecule has 0 aromatic heterocycles. The number of aliphatic hydroxyl groups is 1. The highest BCUT2D eigenvalue weighted by atomic mass is 16.5. The second-order valence-electron chi connectivity index (χ2n) is 2.95. The van der Waals surface area contributed by atoms with Gasteiger partial charge in [-0.25, -0.2) is 0 Å². The Morgan fingerprint density at radius 2 is 2.36 bits per heavy atom. The van der Waals surface area contributed by atoms with Crippen molar-refractivity contribution in [2.75, 3.05) is 19.7 Å². The normalized spacial score (nSPS) is 33.0. The molecule has 2 atom stereocenters. The number of hydrogen-bond acceptors (Lipinski definition) is 4. The largest absolute Gasteiger partial charge is 0.395 e. The average Bonchev–Trinajstić information content (AvgIpc) is 2.32. The molecule has 4 nitrogen and oxygen atoms in total. The summed E-state index contributed by atoms with van der Waals surface area (Å²) < 4.78 is 0. The van der Waals surface area contributed by atoms with Crippen LogP contribution in [0.4, 0.5) is 0 Å². The van der Waals surface area contributed by atoms with E-state index in [0.29, 0.717) is 12.6 Å². The van der Waals surface area contributed by atoms with Gasteiger partial charge in [-0.3, -0.25) is 0 Å². The summed E-state index contributed by atoms with van der Waals surface area (Å²) in [5.74, 6) is 0. The van der Waals surface area contributed by atoms with Gasteiger partial charge in [-0.05, 0) is 13.0 Å². The van der Waals surface area contributed by atoms with Crippen molar-refractivity contribution in [3.05, 3.63) is 0 Å². The van der Waals surface area contributed by atoms with Crippen molar-refractivity contribution in [3.8, 4) is 0 Å². The molecule has 11 heavy (non-hydrogen) atoms. The van der Waals surface area contributed by atoms with Crippen LogP contribution in [0.3, 0.4) is 0 Å². The van der Waals surface area contributed by atoms with Crippen molar-refractivity contribution in [2.24, 2.45) is 0 Å². The minimum atomic E-state index is -0.0703. The molecule has 1 rings (SSSR count). The van der Waals surface area contributed by atoms with Crippen LogP contribution in [0.25, 0.3) is 0 Å². The van der Waals surface area contributed by atoms with Gasteiger partial charge in [0.2, 0.25) is 0 Å². The Labute approximate surface area is 66.8 Å². The second-order valence-corrected chi connectivity index (χ2v) is 2.95. The molecule has 1 heterocycles. The number of nitrogens with zero attached hydrogens (tertiary/aromatic N) is 1. The lowest BCUT2D eigenvalue weighted by atomic mass is 10.2. The molecule has 3 N–H and O–H groups in total. The molecule has 0 aromatic carbocycles. The first-order valence-electron chi connectivity index (χ1n) is 4.07. The first-order valence-corrected chi connectivity index (χ1v) is 4.07. The molecule has 0 aromatic rings. The summed E-state index contributed by atoms with van der Waals surface area (Å²) in [6, 6.07) is 0.265. The lowest BCUT2D eigenvalue weighted by Gasteiger charge is -2.12. The zero-order valence-corrected chi connectivity index (χ0v) is 6.82. The zero-order valence-electron chi connectivity index (χ0n) is 6.82. The molecule has 4 heteroatoms. The molecule has 0 radical (unpaired) electrons. The van der Waals surface area contributed by atoms with Crippen molar-refractivity contribution in [1.29, 1.82) is 0 Å². The van der Waals surface area contributed by atoms with Crippen LogP contribution in [0.15, 0.2) is 0 Å². The van der Waals surface area contributed by atoms with E-state index in [0.717, 1.165) is 13.0 Å². The van der Waals surface area contributed by atoms with E-state index in [-0.39, 0.29) is 12.6 Å². The van der Waals surface area contributed by atoms with Gasteiger partial charge in [0.15, 0.2) is 0 Å². The fraction of sp³-hybridized carbons (Fsp3) is 1.00. The molecule has 0 spiro atoms. The lowest BCUT2D eigenvalue weighted by molar-refractivity contribution is -0.113. The Hall–Kier alpha value is -0.160. The van der Waals surface area contributed by atoms with Gasteiger partial charge in [-0.2, -0.15) is 5.06 Å². The van der Waals surface area contributed by atoms with E-state index in [1.54, 1.807) is 0 Å². The molecule has 1 fully saturated rings. The van der Waals surface area contributed by atoms with Crippen LogP contribution in [-0.4, -0.2) is 47.2 Å². The van der Waals surface area contributed by atoms with Crippen LogP contribution in [0.5, 0.6) is 0 Å². The number of nitrogens with one attached hydrogen (secondary N) is 1. The first-order chi connectivity index (χ1) is 5.27. The van der Waals surface area contributed by atoms with E-state index in [2.05, 4.69) is 5.32 Å². The maximum atomic E-state index is 9.22. The Kier molecular flexibility index (Phi) is 3.26. The van der Waals surface area contributed by atoms with E-state index >= 15 is 0 Å². The molecule has 1 saturated heterocycles. The number of rotatable bonds is 3. The van der Waals surface area contributed by atoms with Crippen LogP contribution in [0.1, 0.15) is 13.3 Å². The monoisotopic (exact) mass is 160 g/mol. The minimum absolute atomic E-state index is 0.0401. The molecular weight excluding hydrogens is 144 g/mol. The third-order valence-corrected chi connectivity index (χ3v) is 2.09. The van der Waals surface area contributed by atoms with E-state index in [4.69, 9.17) is 5.11 Å². The predicted octanol–water partition coefficient (Wildman–Crippen LogP) is -0.580. The first kappa shape index (κ1) is 8.93. The molecule has 1 aliphatic rings. The average molecular weight is 160 g/mol. The summed E-state index contributed by atoms with van der Waals surface area (Å²) in [6.45, 7) is 3.61. The molecule has 0 amide bonds. The molecule has 0 aliphatic carbocycles. The van der Waals surface area contributed by atoms with Gasteiger partial charge in [0.1, 0.15) is 0 Å². The number of hydrogen-bond donors (Lipinski definition) is 3. The Balaban J connectivity index is 2.30. The third-order valence-electron chi connectivity index (χ3n) is 2.09. The Morgan fingerprint density at radius 3 is 2.82 bits per heavy atom. The standard InChI is InChI=1S/C7H16N2O2/c1-2-8-6-3-7(5-10)9(11)4-6/h6-8,10-11H,2-5H2,1H3/t6-,7-/m0/s1. The Morgan fingerprint density at radius 1 is 1.64 bits per heavy atom. The summed E-state index contributed by atoms with van der Waals surface area (Å²) >= 11 is 0. The van der Waals surface area contributed by atoms with Crippen LogP contribution >= 0.6 is 0 Å². The fourth-order valence-electron chi connectivity index (χ4n) is 1.50. The minimum Gasteiger partial charge on any atom is -0.395 e. The van der Waals surface area contributed by atoms with Crippen molar-refractivity contribution in [3.63, 3.8) is 0 Å². The highest BCUT2D eigenvalue weighted by Gasteiger charge is 2.29. The van der Waals surface area contributed by atoms with Gasteiger partial charge < -0.3 is 15.6 Å². The van der Waals surface area contributed by atoms with Crippen molar-refractivity contribution < 1.29 is 10.3 Å². The summed E-state index contributed by atoms with van der Waals surface area (Å²) in [5, 5.41) is 22.5. The van der Waals surface area contributed by atoms with Crippen LogP contribution in [0, 0.1) is 0 Å². The van der Waals surface area contributed by atoms with Gasteiger partial charge in [0.25, 0.3) is 0 Å². The maximum absolute atomic E-state index is 9.22. The highest BCUT2D eigenvalue weighted by molar-refractivity contribution is 4.84. The van der Waals surface area contributed by atoms with E-state index in [1.807, 2.05) is 6.92 Å². The second kappa shape index (κ2) is 4.01. The quantitative estimate of drug-likeness (QED) is 0.517. The number of likely N-dealkylation sites (N-methyl/N-ethyl adjacent to an activating group) is 1. The molecule has 66 valence electrons. The summed E-state index contributed by atoms with van der Waals surface area (Å²) in [7, 11) is 0. The summed E-state index contributed by atoms with van der Waals surface area (Å²) in [4.78, 5) is 0. The van der Waals surface area contributed by atoms with E-state index in [1.165, 1.54) is 5.06 Å². The molecule has 0 unspecified atom stereocenters. The van der Waals surface area contributed by atoms with Crippen LogP contribution < -0.4 is 5.32 Å². The van der Waals surface area contributed by atoms with Gasteiger partial charge in [0, 0.05) is 12.6 Å². The highest BCUT2D eigenvalue weighted by Crippen LogP contribution is 2.14.